The highest BCUT2D eigenvalue weighted by atomic mass is 19.4. The molecule has 26 heavy (non-hydrogen) atoms. The van der Waals surface area contributed by atoms with Crippen LogP contribution >= 0.6 is 0 Å². The van der Waals surface area contributed by atoms with Gasteiger partial charge in [0.15, 0.2) is 0 Å². The maximum absolute atomic E-state index is 13.1. The van der Waals surface area contributed by atoms with Gasteiger partial charge >= 0.3 is 35.6 Å². The first-order valence-electron chi connectivity index (χ1n) is 6.52. The van der Waals surface area contributed by atoms with Gasteiger partial charge in [0.1, 0.15) is 0 Å². The summed E-state index contributed by atoms with van der Waals surface area (Å²) in [5.74, 6) is -26.3. The molecule has 0 fully saturated rings. The summed E-state index contributed by atoms with van der Waals surface area (Å²) in [6.07, 6.45) is -2.07. The minimum atomic E-state index is -6.35. The van der Waals surface area contributed by atoms with Crippen molar-refractivity contribution >= 4 is 11.9 Å². The fourth-order valence-electron chi connectivity index (χ4n) is 1.00. The highest BCUT2D eigenvalue weighted by molar-refractivity contribution is 5.85. The van der Waals surface area contributed by atoms with Crippen molar-refractivity contribution in [1.82, 2.24) is 0 Å². The highest BCUT2D eigenvalue weighted by Crippen LogP contribution is 2.53. The van der Waals surface area contributed by atoms with Crippen LogP contribution in [0.4, 0.5) is 35.1 Å². The fraction of sp³-hybridized carbons (Fsp3) is 0.571. The number of alkyl halides is 8. The molecule has 152 valence electrons. The summed E-state index contributed by atoms with van der Waals surface area (Å²) in [7, 11) is 0. The van der Waals surface area contributed by atoms with E-state index in [4.69, 9.17) is 10.2 Å². The lowest BCUT2D eigenvalue weighted by Gasteiger charge is -2.35. The third kappa shape index (κ3) is 6.30. The average Bonchev–Trinajstić information content (AvgIpc) is 2.43. The second-order valence-electron chi connectivity index (χ2n) is 5.22. The number of carbonyl (C=O) groups is 2. The Morgan fingerprint density at radius 1 is 0.885 bits per heavy atom. The van der Waals surface area contributed by atoms with Crippen molar-refractivity contribution in [3.8, 4) is 0 Å². The van der Waals surface area contributed by atoms with Crippen LogP contribution in [-0.2, 0) is 9.59 Å². The normalized spacial score (nSPS) is 13.6. The molecule has 0 aliphatic rings. The van der Waals surface area contributed by atoms with Crippen LogP contribution in [0, 0.1) is 0 Å². The third-order valence-corrected chi connectivity index (χ3v) is 2.77. The number of aliphatic carboxylic acids is 2. The van der Waals surface area contributed by atoms with E-state index in [0.717, 1.165) is 6.92 Å². The lowest BCUT2D eigenvalue weighted by molar-refractivity contribution is -0.361. The van der Waals surface area contributed by atoms with Crippen molar-refractivity contribution < 1.29 is 54.9 Å². The van der Waals surface area contributed by atoms with Crippen molar-refractivity contribution in [2.45, 2.75) is 50.9 Å². The molecule has 0 saturated carbocycles. The summed E-state index contributed by atoms with van der Waals surface area (Å²) in [4.78, 5) is 19.9. The Morgan fingerprint density at radius 2 is 1.23 bits per heavy atom. The Bertz CT molecular complexity index is 564. The first kappa shape index (κ1) is 26.1. The SMILES string of the molecule is C=C(C)C(=O)O.CC(=CCC(F)(F)C(F)(F)C(F)(F)C(C)(F)F)C(=O)O. The Balaban J connectivity index is 0. The second-order valence-corrected chi connectivity index (χ2v) is 5.22. The molecule has 0 aliphatic heterocycles. The van der Waals surface area contributed by atoms with Crippen molar-refractivity contribution in [3.63, 3.8) is 0 Å². The monoisotopic (exact) mass is 400 g/mol. The average molecular weight is 400 g/mol. The highest BCUT2D eigenvalue weighted by Gasteiger charge is 2.78. The van der Waals surface area contributed by atoms with E-state index in [1.54, 1.807) is 0 Å². The van der Waals surface area contributed by atoms with Gasteiger partial charge in [-0.05, 0) is 13.8 Å². The van der Waals surface area contributed by atoms with Gasteiger partial charge in [0, 0.05) is 24.5 Å². The molecule has 0 unspecified atom stereocenters. The van der Waals surface area contributed by atoms with E-state index in [0.29, 0.717) is 0 Å². The van der Waals surface area contributed by atoms with Crippen LogP contribution in [-0.4, -0.2) is 45.8 Å². The minimum absolute atomic E-state index is 0.0557. The van der Waals surface area contributed by atoms with Gasteiger partial charge in [-0.2, -0.15) is 35.1 Å². The summed E-state index contributed by atoms with van der Waals surface area (Å²) in [6, 6.07) is 0. The molecular formula is C14H16F8O4. The van der Waals surface area contributed by atoms with Crippen LogP contribution < -0.4 is 0 Å². The summed E-state index contributed by atoms with van der Waals surface area (Å²) in [5, 5.41) is 16.2. The van der Waals surface area contributed by atoms with Crippen LogP contribution in [0.5, 0.6) is 0 Å². The Kier molecular flexibility index (Phi) is 8.53. The molecule has 12 heteroatoms. The van der Waals surface area contributed by atoms with E-state index in [1.165, 1.54) is 6.92 Å². The van der Waals surface area contributed by atoms with Crippen molar-refractivity contribution in [2.24, 2.45) is 0 Å². The maximum atomic E-state index is 13.1. The molecule has 0 rings (SSSR count). The number of rotatable bonds is 7. The molecule has 0 bridgehead atoms. The molecule has 0 aliphatic carbocycles. The van der Waals surface area contributed by atoms with Gasteiger partial charge in [0.25, 0.3) is 0 Å². The first-order chi connectivity index (χ1) is 11.2. The minimum Gasteiger partial charge on any atom is -0.478 e. The van der Waals surface area contributed by atoms with Crippen molar-refractivity contribution in [1.29, 1.82) is 0 Å². The Labute approximate surface area is 142 Å². The summed E-state index contributed by atoms with van der Waals surface area (Å²) in [6.45, 7) is 4.74. The molecule has 0 saturated heterocycles. The number of hydrogen-bond acceptors (Lipinski definition) is 2. The van der Waals surface area contributed by atoms with Crippen LogP contribution in [0.2, 0.25) is 0 Å². The van der Waals surface area contributed by atoms with Gasteiger partial charge < -0.3 is 10.2 Å². The molecule has 0 radical (unpaired) electrons. The maximum Gasteiger partial charge on any atom is 0.378 e. The predicted molar refractivity (Wildman–Crippen MR) is 73.9 cm³/mol. The zero-order chi connectivity index (χ0) is 21.7. The molecule has 2 N–H and O–H groups in total. The van der Waals surface area contributed by atoms with Gasteiger partial charge in [-0.15, -0.1) is 0 Å². The van der Waals surface area contributed by atoms with Crippen LogP contribution in [0.3, 0.4) is 0 Å². The van der Waals surface area contributed by atoms with E-state index in [-0.39, 0.29) is 11.6 Å². The first-order valence-corrected chi connectivity index (χ1v) is 6.52. The van der Waals surface area contributed by atoms with E-state index in [9.17, 15) is 44.7 Å². The molecule has 0 amide bonds. The van der Waals surface area contributed by atoms with Crippen LogP contribution in [0.1, 0.15) is 27.2 Å². The molecular weight excluding hydrogens is 384 g/mol. The van der Waals surface area contributed by atoms with E-state index in [1.807, 2.05) is 0 Å². The number of allylic oxidation sites excluding steroid dienone is 1. The molecule has 0 heterocycles. The van der Waals surface area contributed by atoms with Gasteiger partial charge in [-0.3, -0.25) is 0 Å². The van der Waals surface area contributed by atoms with Crippen LogP contribution in [0.25, 0.3) is 0 Å². The van der Waals surface area contributed by atoms with Crippen molar-refractivity contribution in [3.05, 3.63) is 23.8 Å². The van der Waals surface area contributed by atoms with Gasteiger partial charge in [-0.25, -0.2) is 9.59 Å². The number of halogens is 8. The summed E-state index contributed by atoms with van der Waals surface area (Å²) < 4.78 is 102. The Morgan fingerprint density at radius 3 is 1.46 bits per heavy atom. The molecule has 0 atom stereocenters. The molecule has 0 aromatic rings. The summed E-state index contributed by atoms with van der Waals surface area (Å²) >= 11 is 0. The summed E-state index contributed by atoms with van der Waals surface area (Å²) in [5.41, 5.74) is -0.637. The van der Waals surface area contributed by atoms with Crippen molar-refractivity contribution in [2.75, 3.05) is 0 Å². The van der Waals surface area contributed by atoms with Gasteiger partial charge in [0.05, 0.1) is 0 Å². The van der Waals surface area contributed by atoms with E-state index >= 15 is 0 Å². The molecule has 0 spiro atoms. The number of carboxylic acid groups (broad SMARTS) is 2. The predicted octanol–water partition coefficient (Wildman–Crippen LogP) is 4.62. The standard InChI is InChI=1S/C10H10F8O2.C4H6O2/c1-5(6(19)20)3-4-8(13,14)10(17,18)9(15,16)7(2,11)12;1-3(2)4(5)6/h3H,4H2,1-2H3,(H,19,20);1H2,2H3,(H,5,6). The van der Waals surface area contributed by atoms with Gasteiger partial charge in [-0.1, -0.05) is 12.7 Å². The Hall–Kier alpha value is -2.14. The lowest BCUT2D eigenvalue weighted by Crippen LogP contribution is -2.61. The quantitative estimate of drug-likeness (QED) is 0.483. The molecule has 0 aromatic carbocycles. The lowest BCUT2D eigenvalue weighted by atomic mass is 9.96. The largest absolute Gasteiger partial charge is 0.478 e. The van der Waals surface area contributed by atoms with E-state index < -0.39 is 54.5 Å². The zero-order valence-electron chi connectivity index (χ0n) is 13.7. The molecule has 4 nitrogen and oxygen atoms in total. The second kappa shape index (κ2) is 8.49. The zero-order valence-corrected chi connectivity index (χ0v) is 13.7. The topological polar surface area (TPSA) is 74.6 Å². The van der Waals surface area contributed by atoms with Crippen LogP contribution in [0.15, 0.2) is 23.8 Å². The number of carboxylic acids is 2. The number of hydrogen-bond donors (Lipinski definition) is 2. The third-order valence-electron chi connectivity index (χ3n) is 2.77. The smallest absolute Gasteiger partial charge is 0.378 e. The fourth-order valence-corrected chi connectivity index (χ4v) is 1.00. The van der Waals surface area contributed by atoms with E-state index in [2.05, 4.69) is 6.58 Å². The van der Waals surface area contributed by atoms with Gasteiger partial charge in [0.2, 0.25) is 0 Å². The molecule has 0 aromatic heterocycles.